The lowest BCUT2D eigenvalue weighted by molar-refractivity contribution is -0.160. The molecule has 0 saturated heterocycles. The van der Waals surface area contributed by atoms with Gasteiger partial charge in [0.05, 0.1) is 0 Å². The van der Waals surface area contributed by atoms with Gasteiger partial charge in [0.15, 0.2) is 0 Å². The number of amides is 1. The SMILES string of the molecule is CCN(CC(F)(F)F)C(=O)CCN. The second-order valence-corrected chi connectivity index (χ2v) is 2.56. The number of hydrogen-bond acceptors (Lipinski definition) is 2. The molecule has 0 bridgehead atoms. The molecule has 13 heavy (non-hydrogen) atoms. The van der Waals surface area contributed by atoms with Crippen LogP contribution in [-0.4, -0.2) is 36.6 Å². The Balaban J connectivity index is 4.10. The summed E-state index contributed by atoms with van der Waals surface area (Å²) in [5.41, 5.74) is 5.06. The van der Waals surface area contributed by atoms with Crippen LogP contribution >= 0.6 is 0 Å². The van der Waals surface area contributed by atoms with Crippen LogP contribution in [0.1, 0.15) is 13.3 Å². The molecule has 1 amide bonds. The van der Waals surface area contributed by atoms with E-state index in [2.05, 4.69) is 0 Å². The first kappa shape index (κ1) is 12.2. The van der Waals surface area contributed by atoms with E-state index in [4.69, 9.17) is 5.73 Å². The Bertz CT molecular complexity index is 170. The van der Waals surface area contributed by atoms with Gasteiger partial charge in [0.2, 0.25) is 5.91 Å². The minimum Gasteiger partial charge on any atom is -0.334 e. The van der Waals surface area contributed by atoms with Crippen LogP contribution in [0.2, 0.25) is 0 Å². The van der Waals surface area contributed by atoms with Crippen molar-refractivity contribution in [2.24, 2.45) is 5.73 Å². The molecule has 6 heteroatoms. The fourth-order valence-electron chi connectivity index (χ4n) is 0.874. The maximum atomic E-state index is 11.9. The van der Waals surface area contributed by atoms with Gasteiger partial charge in [0, 0.05) is 19.5 Å². The van der Waals surface area contributed by atoms with Gasteiger partial charge in [-0.25, -0.2) is 0 Å². The van der Waals surface area contributed by atoms with Crippen LogP contribution in [0.5, 0.6) is 0 Å². The molecule has 0 aromatic heterocycles. The molecule has 0 unspecified atom stereocenters. The quantitative estimate of drug-likeness (QED) is 0.724. The van der Waals surface area contributed by atoms with Crippen molar-refractivity contribution >= 4 is 5.91 Å². The van der Waals surface area contributed by atoms with Gasteiger partial charge in [-0.1, -0.05) is 0 Å². The smallest absolute Gasteiger partial charge is 0.334 e. The van der Waals surface area contributed by atoms with Crippen molar-refractivity contribution in [3.05, 3.63) is 0 Å². The monoisotopic (exact) mass is 198 g/mol. The Hall–Kier alpha value is -0.780. The summed E-state index contributed by atoms with van der Waals surface area (Å²) in [7, 11) is 0. The lowest BCUT2D eigenvalue weighted by Gasteiger charge is -2.21. The van der Waals surface area contributed by atoms with E-state index in [1.165, 1.54) is 6.92 Å². The third-order valence-corrected chi connectivity index (χ3v) is 1.46. The first-order chi connectivity index (χ1) is 5.90. The molecule has 0 atom stereocenters. The standard InChI is InChI=1S/C7H13F3N2O/c1-2-12(5-7(8,9)10)6(13)3-4-11/h2-5,11H2,1H3. The van der Waals surface area contributed by atoms with Crippen LogP contribution in [0.25, 0.3) is 0 Å². The lowest BCUT2D eigenvalue weighted by Crippen LogP contribution is -2.39. The molecule has 0 aliphatic heterocycles. The summed E-state index contributed by atoms with van der Waals surface area (Å²) in [4.78, 5) is 11.7. The third-order valence-electron chi connectivity index (χ3n) is 1.46. The number of halogens is 3. The number of alkyl halides is 3. The molecule has 0 aliphatic carbocycles. The van der Waals surface area contributed by atoms with E-state index in [1.807, 2.05) is 0 Å². The van der Waals surface area contributed by atoms with E-state index in [-0.39, 0.29) is 19.5 Å². The zero-order valence-corrected chi connectivity index (χ0v) is 7.40. The summed E-state index contributed by atoms with van der Waals surface area (Å²) in [6.07, 6.45) is -4.37. The van der Waals surface area contributed by atoms with E-state index >= 15 is 0 Å². The van der Waals surface area contributed by atoms with Crippen molar-refractivity contribution in [2.75, 3.05) is 19.6 Å². The van der Waals surface area contributed by atoms with Crippen LogP contribution in [-0.2, 0) is 4.79 Å². The van der Waals surface area contributed by atoms with E-state index in [1.54, 1.807) is 0 Å². The zero-order chi connectivity index (χ0) is 10.5. The van der Waals surface area contributed by atoms with Crippen molar-refractivity contribution in [2.45, 2.75) is 19.5 Å². The van der Waals surface area contributed by atoms with Gasteiger partial charge in [-0.2, -0.15) is 13.2 Å². The molecular formula is C7H13F3N2O. The number of rotatable bonds is 4. The van der Waals surface area contributed by atoms with Crippen LogP contribution in [0.15, 0.2) is 0 Å². The van der Waals surface area contributed by atoms with Crippen molar-refractivity contribution in [1.29, 1.82) is 0 Å². The number of carbonyl (C=O) groups excluding carboxylic acids is 1. The van der Waals surface area contributed by atoms with Gasteiger partial charge in [-0.05, 0) is 6.92 Å². The summed E-state index contributed by atoms with van der Waals surface area (Å²) in [5, 5.41) is 0. The summed E-state index contributed by atoms with van der Waals surface area (Å²) < 4.78 is 35.6. The normalized spacial score (nSPS) is 11.5. The molecule has 2 N–H and O–H groups in total. The van der Waals surface area contributed by atoms with Crippen molar-refractivity contribution in [3.63, 3.8) is 0 Å². The maximum absolute atomic E-state index is 11.9. The lowest BCUT2D eigenvalue weighted by atomic mass is 10.3. The van der Waals surface area contributed by atoms with Gasteiger partial charge < -0.3 is 10.6 Å². The summed E-state index contributed by atoms with van der Waals surface area (Å²) in [5.74, 6) is -0.553. The van der Waals surface area contributed by atoms with Crippen molar-refractivity contribution < 1.29 is 18.0 Å². The van der Waals surface area contributed by atoms with Crippen LogP contribution in [0.3, 0.4) is 0 Å². The van der Waals surface area contributed by atoms with E-state index < -0.39 is 18.6 Å². The predicted octanol–water partition coefficient (Wildman–Crippen LogP) is 0.746. The average Bonchev–Trinajstić information content (AvgIpc) is 1.99. The van der Waals surface area contributed by atoms with Gasteiger partial charge in [0.25, 0.3) is 0 Å². The molecule has 0 aliphatic rings. The minimum absolute atomic E-state index is 0.0378. The van der Waals surface area contributed by atoms with E-state index in [0.717, 1.165) is 4.90 Å². The van der Waals surface area contributed by atoms with Crippen LogP contribution in [0, 0.1) is 0 Å². The first-order valence-electron chi connectivity index (χ1n) is 3.95. The Kier molecular flexibility index (Phi) is 4.76. The molecule has 0 aromatic carbocycles. The highest BCUT2D eigenvalue weighted by Crippen LogP contribution is 2.16. The third kappa shape index (κ3) is 5.46. The Morgan fingerprint density at radius 2 is 2.00 bits per heavy atom. The zero-order valence-electron chi connectivity index (χ0n) is 7.40. The molecule has 0 radical (unpaired) electrons. The predicted molar refractivity (Wildman–Crippen MR) is 42.0 cm³/mol. The van der Waals surface area contributed by atoms with Gasteiger partial charge in [-0.15, -0.1) is 0 Å². The summed E-state index contributed by atoms with van der Waals surface area (Å²) in [6, 6.07) is 0. The molecule has 78 valence electrons. The number of hydrogen-bond donors (Lipinski definition) is 1. The Morgan fingerprint density at radius 1 is 1.46 bits per heavy atom. The molecule has 0 rings (SSSR count). The topological polar surface area (TPSA) is 46.3 Å². The fraction of sp³-hybridized carbons (Fsp3) is 0.857. The highest BCUT2D eigenvalue weighted by atomic mass is 19.4. The fourth-order valence-corrected chi connectivity index (χ4v) is 0.874. The number of nitrogens with two attached hydrogens (primary N) is 1. The minimum atomic E-state index is -4.33. The first-order valence-corrected chi connectivity index (χ1v) is 3.95. The highest BCUT2D eigenvalue weighted by molar-refractivity contribution is 5.76. The largest absolute Gasteiger partial charge is 0.406 e. The second kappa shape index (κ2) is 5.06. The Labute approximate surface area is 74.7 Å². The number of carbonyl (C=O) groups is 1. The van der Waals surface area contributed by atoms with Gasteiger partial charge in [0.1, 0.15) is 6.54 Å². The van der Waals surface area contributed by atoms with Gasteiger partial charge >= 0.3 is 6.18 Å². The second-order valence-electron chi connectivity index (χ2n) is 2.56. The van der Waals surface area contributed by atoms with E-state index in [0.29, 0.717) is 0 Å². The molecule has 0 aromatic rings. The summed E-state index contributed by atoms with van der Waals surface area (Å²) in [6.45, 7) is 0.439. The van der Waals surface area contributed by atoms with Gasteiger partial charge in [-0.3, -0.25) is 4.79 Å². The molecular weight excluding hydrogens is 185 g/mol. The molecule has 3 nitrogen and oxygen atoms in total. The highest BCUT2D eigenvalue weighted by Gasteiger charge is 2.31. The van der Waals surface area contributed by atoms with E-state index in [9.17, 15) is 18.0 Å². The molecule has 0 fully saturated rings. The maximum Gasteiger partial charge on any atom is 0.406 e. The molecule has 0 saturated carbocycles. The average molecular weight is 198 g/mol. The molecule has 0 heterocycles. The van der Waals surface area contributed by atoms with Crippen LogP contribution in [0.4, 0.5) is 13.2 Å². The Morgan fingerprint density at radius 3 is 2.31 bits per heavy atom. The van der Waals surface area contributed by atoms with Crippen LogP contribution < -0.4 is 5.73 Å². The van der Waals surface area contributed by atoms with Crippen molar-refractivity contribution in [1.82, 2.24) is 4.90 Å². The summed E-state index contributed by atoms with van der Waals surface area (Å²) >= 11 is 0. The molecule has 0 spiro atoms. The number of nitrogens with zero attached hydrogens (tertiary/aromatic N) is 1. The van der Waals surface area contributed by atoms with Crippen molar-refractivity contribution in [3.8, 4) is 0 Å².